The molecule has 1 aromatic heterocycles. The van der Waals surface area contributed by atoms with Crippen molar-refractivity contribution in [3.63, 3.8) is 0 Å². The molecular weight excluding hydrogens is 225 g/mol. The van der Waals surface area contributed by atoms with Crippen LogP contribution in [0.15, 0.2) is 18.3 Å². The van der Waals surface area contributed by atoms with E-state index < -0.39 is 23.1 Å². The number of hydrogen-bond donors (Lipinski definition) is 1. The van der Waals surface area contributed by atoms with Gasteiger partial charge in [-0.3, -0.25) is 9.78 Å². The van der Waals surface area contributed by atoms with E-state index in [1.165, 1.54) is 6.92 Å². The van der Waals surface area contributed by atoms with Crippen molar-refractivity contribution in [3.8, 4) is 12.1 Å². The molecule has 0 saturated heterocycles. The zero-order valence-corrected chi connectivity index (χ0v) is 8.88. The molecule has 0 amide bonds. The largest absolute Gasteiger partial charge is 0.480 e. The average molecular weight is 233 g/mol. The fourth-order valence-corrected chi connectivity index (χ4v) is 1.35. The second kappa shape index (κ2) is 4.58. The van der Waals surface area contributed by atoms with Crippen molar-refractivity contribution < 1.29 is 14.3 Å². The number of nitrogens with zero attached hydrogens (tertiary/aromatic N) is 3. The van der Waals surface area contributed by atoms with Crippen molar-refractivity contribution >= 4 is 5.97 Å². The Balaban J connectivity index is 3.37. The molecular formula is C11H8FN3O2. The average Bonchev–Trinajstić information content (AvgIpc) is 2.30. The summed E-state index contributed by atoms with van der Waals surface area (Å²) in [6.07, 6.45) is 0.850. The predicted octanol–water partition coefficient (Wildman–Crippen LogP) is 1.23. The van der Waals surface area contributed by atoms with E-state index in [2.05, 4.69) is 4.98 Å². The van der Waals surface area contributed by atoms with Gasteiger partial charge in [-0.1, -0.05) is 0 Å². The van der Waals surface area contributed by atoms with Crippen LogP contribution in [0.4, 0.5) is 4.39 Å². The first-order valence-corrected chi connectivity index (χ1v) is 4.61. The molecule has 0 fully saturated rings. The zero-order valence-electron chi connectivity index (χ0n) is 8.88. The summed E-state index contributed by atoms with van der Waals surface area (Å²) in [5, 5.41) is 26.7. The van der Waals surface area contributed by atoms with Crippen molar-refractivity contribution in [1.29, 1.82) is 10.5 Å². The van der Waals surface area contributed by atoms with Crippen molar-refractivity contribution in [3.05, 3.63) is 29.8 Å². The zero-order chi connectivity index (χ0) is 13.1. The standard InChI is InChI=1S/C11H8FN3O2/c1-11(10(16)17,7(4-13)5-14)9-3-2-8(12)6-15-9/h2-3,6-7H,1H3,(H,16,17). The van der Waals surface area contributed by atoms with Gasteiger partial charge in [0.15, 0.2) is 5.92 Å². The van der Waals surface area contributed by atoms with Crippen molar-refractivity contribution in [2.45, 2.75) is 12.3 Å². The van der Waals surface area contributed by atoms with Gasteiger partial charge >= 0.3 is 5.97 Å². The number of hydrogen-bond acceptors (Lipinski definition) is 4. The molecule has 17 heavy (non-hydrogen) atoms. The van der Waals surface area contributed by atoms with Gasteiger partial charge < -0.3 is 5.11 Å². The van der Waals surface area contributed by atoms with Gasteiger partial charge in [-0.2, -0.15) is 10.5 Å². The number of rotatable bonds is 3. The molecule has 0 aliphatic rings. The Hall–Kier alpha value is -2.47. The first-order valence-electron chi connectivity index (χ1n) is 4.61. The van der Waals surface area contributed by atoms with Crippen LogP contribution in [0.3, 0.4) is 0 Å². The Morgan fingerprint density at radius 1 is 1.53 bits per heavy atom. The summed E-state index contributed by atoms with van der Waals surface area (Å²) >= 11 is 0. The second-order valence-electron chi connectivity index (χ2n) is 3.56. The minimum atomic E-state index is -1.78. The lowest BCUT2D eigenvalue weighted by molar-refractivity contribution is -0.144. The number of aliphatic carboxylic acids is 1. The van der Waals surface area contributed by atoms with Crippen molar-refractivity contribution in [2.24, 2.45) is 5.92 Å². The predicted molar refractivity (Wildman–Crippen MR) is 53.9 cm³/mol. The highest BCUT2D eigenvalue weighted by atomic mass is 19.1. The Labute approximate surface area is 96.7 Å². The van der Waals surface area contributed by atoms with E-state index in [0.29, 0.717) is 0 Å². The maximum absolute atomic E-state index is 12.7. The molecule has 0 radical (unpaired) electrons. The lowest BCUT2D eigenvalue weighted by Gasteiger charge is -2.24. The molecule has 1 heterocycles. The number of carboxylic acid groups (broad SMARTS) is 1. The van der Waals surface area contributed by atoms with E-state index in [0.717, 1.165) is 18.3 Å². The SMILES string of the molecule is CC(C(=O)O)(c1ccc(F)cn1)C(C#N)C#N. The van der Waals surface area contributed by atoms with Crippen LogP contribution >= 0.6 is 0 Å². The van der Waals surface area contributed by atoms with Gasteiger partial charge in [0.25, 0.3) is 0 Å². The Morgan fingerprint density at radius 3 is 2.47 bits per heavy atom. The molecule has 0 spiro atoms. The molecule has 0 saturated carbocycles. The van der Waals surface area contributed by atoms with Crippen molar-refractivity contribution in [1.82, 2.24) is 4.98 Å². The highest BCUT2D eigenvalue weighted by Crippen LogP contribution is 2.30. The first kappa shape index (κ1) is 12.6. The van der Waals surface area contributed by atoms with Crippen LogP contribution in [0.2, 0.25) is 0 Å². The third-order valence-corrected chi connectivity index (χ3v) is 2.54. The summed E-state index contributed by atoms with van der Waals surface area (Å²) in [7, 11) is 0. The van der Waals surface area contributed by atoms with E-state index >= 15 is 0 Å². The highest BCUT2D eigenvalue weighted by Gasteiger charge is 2.45. The van der Waals surface area contributed by atoms with Gasteiger partial charge in [-0.25, -0.2) is 4.39 Å². The number of pyridine rings is 1. The van der Waals surface area contributed by atoms with E-state index in [4.69, 9.17) is 15.6 Å². The van der Waals surface area contributed by atoms with Crippen LogP contribution in [0, 0.1) is 34.4 Å². The van der Waals surface area contributed by atoms with Crippen LogP contribution in [-0.2, 0) is 10.2 Å². The number of carboxylic acids is 1. The van der Waals surface area contributed by atoms with Crippen LogP contribution in [-0.4, -0.2) is 16.1 Å². The van der Waals surface area contributed by atoms with E-state index in [1.54, 1.807) is 12.1 Å². The quantitative estimate of drug-likeness (QED) is 0.846. The van der Waals surface area contributed by atoms with Gasteiger partial charge in [0.2, 0.25) is 0 Å². The molecule has 86 valence electrons. The van der Waals surface area contributed by atoms with Crippen LogP contribution in [0.25, 0.3) is 0 Å². The molecule has 1 aromatic rings. The van der Waals surface area contributed by atoms with Crippen LogP contribution in [0.5, 0.6) is 0 Å². The fourth-order valence-electron chi connectivity index (χ4n) is 1.35. The molecule has 1 unspecified atom stereocenters. The fraction of sp³-hybridized carbons (Fsp3) is 0.273. The molecule has 1 atom stereocenters. The summed E-state index contributed by atoms with van der Waals surface area (Å²) in [5.74, 6) is -3.38. The van der Waals surface area contributed by atoms with Gasteiger partial charge in [-0.05, 0) is 19.1 Å². The Morgan fingerprint density at radius 2 is 2.12 bits per heavy atom. The first-order chi connectivity index (χ1) is 7.96. The molecule has 6 heteroatoms. The number of halogens is 1. The van der Waals surface area contributed by atoms with Crippen LogP contribution in [0.1, 0.15) is 12.6 Å². The second-order valence-corrected chi connectivity index (χ2v) is 3.56. The number of carbonyl (C=O) groups is 1. The maximum atomic E-state index is 12.7. The molecule has 0 aliphatic heterocycles. The van der Waals surface area contributed by atoms with E-state index in [1.807, 2.05) is 0 Å². The van der Waals surface area contributed by atoms with Gasteiger partial charge in [0, 0.05) is 0 Å². The summed E-state index contributed by atoms with van der Waals surface area (Å²) in [6.45, 7) is 1.21. The minimum Gasteiger partial charge on any atom is -0.480 e. The highest BCUT2D eigenvalue weighted by molar-refractivity contribution is 5.81. The van der Waals surface area contributed by atoms with Gasteiger partial charge in [-0.15, -0.1) is 0 Å². The third kappa shape index (κ3) is 2.06. The number of nitriles is 2. The van der Waals surface area contributed by atoms with Gasteiger partial charge in [0.1, 0.15) is 11.2 Å². The molecule has 1 rings (SSSR count). The van der Waals surface area contributed by atoms with E-state index in [9.17, 15) is 9.18 Å². The minimum absolute atomic E-state index is 0.0282. The maximum Gasteiger partial charge on any atom is 0.317 e. The lowest BCUT2D eigenvalue weighted by Crippen LogP contribution is -2.40. The summed E-state index contributed by atoms with van der Waals surface area (Å²) in [4.78, 5) is 14.9. The van der Waals surface area contributed by atoms with Crippen LogP contribution < -0.4 is 0 Å². The third-order valence-electron chi connectivity index (χ3n) is 2.54. The smallest absolute Gasteiger partial charge is 0.317 e. The normalized spacial score (nSPS) is 13.5. The number of aromatic nitrogens is 1. The molecule has 0 aliphatic carbocycles. The lowest BCUT2D eigenvalue weighted by atomic mass is 9.75. The van der Waals surface area contributed by atoms with E-state index in [-0.39, 0.29) is 5.69 Å². The van der Waals surface area contributed by atoms with Gasteiger partial charge in [0.05, 0.1) is 24.0 Å². The summed E-state index contributed by atoms with van der Waals surface area (Å²) < 4.78 is 12.7. The summed E-state index contributed by atoms with van der Waals surface area (Å²) in [6, 6.07) is 5.42. The Bertz CT molecular complexity index is 501. The topological polar surface area (TPSA) is 97.8 Å². The monoisotopic (exact) mass is 233 g/mol. The molecule has 0 aromatic carbocycles. The Kier molecular flexibility index (Phi) is 3.40. The molecule has 0 bridgehead atoms. The molecule has 1 N–H and O–H groups in total. The van der Waals surface area contributed by atoms with Crippen molar-refractivity contribution in [2.75, 3.05) is 0 Å². The molecule has 5 nitrogen and oxygen atoms in total. The summed E-state index contributed by atoms with van der Waals surface area (Å²) in [5.41, 5.74) is -1.81.